The Hall–Kier alpha value is -1.31. The van der Waals surface area contributed by atoms with Gasteiger partial charge in [0.2, 0.25) is 0 Å². The van der Waals surface area contributed by atoms with Crippen LogP contribution in [0, 0.1) is 6.92 Å². The summed E-state index contributed by atoms with van der Waals surface area (Å²) in [5, 5.41) is 5.31. The van der Waals surface area contributed by atoms with Crippen molar-refractivity contribution in [3.63, 3.8) is 0 Å². The van der Waals surface area contributed by atoms with Crippen molar-refractivity contribution in [3.05, 3.63) is 29.5 Å². The lowest BCUT2D eigenvalue weighted by atomic mass is 10.1. The van der Waals surface area contributed by atoms with E-state index in [0.717, 1.165) is 17.7 Å². The molecule has 0 aliphatic carbocycles. The minimum Gasteiger partial charge on any atom is -0.356 e. The van der Waals surface area contributed by atoms with Crippen LogP contribution in [0.15, 0.2) is 22.7 Å². The number of hydrogen-bond acceptors (Lipinski definition) is 2. The smallest absolute Gasteiger partial charge is 0.167 e. The molecule has 2 rings (SSSR count). The summed E-state index contributed by atoms with van der Waals surface area (Å²) >= 11 is 0. The van der Waals surface area contributed by atoms with E-state index >= 15 is 0 Å². The molecule has 0 bridgehead atoms. The Morgan fingerprint density at radius 1 is 1.27 bits per heavy atom. The first-order chi connectivity index (χ1) is 7.31. The summed E-state index contributed by atoms with van der Waals surface area (Å²) in [5.74, 6) is 0. The highest BCUT2D eigenvalue weighted by atomic mass is 16.5. The van der Waals surface area contributed by atoms with Crippen molar-refractivity contribution in [2.75, 3.05) is 0 Å². The Morgan fingerprint density at radius 3 is 2.93 bits per heavy atom. The number of aryl methyl sites for hydroxylation is 2. The van der Waals surface area contributed by atoms with Crippen LogP contribution in [0.25, 0.3) is 11.0 Å². The predicted molar refractivity (Wildman–Crippen MR) is 62.0 cm³/mol. The number of benzene rings is 1. The topological polar surface area (TPSA) is 26.0 Å². The average molecular weight is 203 g/mol. The minimum absolute atomic E-state index is 0.918. The third kappa shape index (κ3) is 2.20. The van der Waals surface area contributed by atoms with Crippen LogP contribution in [0.1, 0.15) is 37.4 Å². The van der Waals surface area contributed by atoms with Gasteiger partial charge in [0.05, 0.1) is 5.69 Å². The molecule has 0 unspecified atom stereocenters. The van der Waals surface area contributed by atoms with E-state index in [9.17, 15) is 0 Å². The Balaban J connectivity index is 2.21. The summed E-state index contributed by atoms with van der Waals surface area (Å²) in [7, 11) is 0. The van der Waals surface area contributed by atoms with Gasteiger partial charge in [0, 0.05) is 5.39 Å². The van der Waals surface area contributed by atoms with Crippen LogP contribution < -0.4 is 0 Å². The molecule has 0 aliphatic rings. The quantitative estimate of drug-likeness (QED) is 0.705. The van der Waals surface area contributed by atoms with E-state index in [0.29, 0.717) is 0 Å². The lowest BCUT2D eigenvalue weighted by molar-refractivity contribution is 0.444. The van der Waals surface area contributed by atoms with E-state index in [1.54, 1.807) is 0 Å². The zero-order valence-electron chi connectivity index (χ0n) is 9.42. The fourth-order valence-electron chi connectivity index (χ4n) is 1.82. The highest BCUT2D eigenvalue weighted by Gasteiger charge is 2.06. The molecular weight excluding hydrogens is 186 g/mol. The largest absolute Gasteiger partial charge is 0.356 e. The molecule has 1 heterocycles. The Kier molecular flexibility index (Phi) is 3.05. The maximum atomic E-state index is 5.31. The van der Waals surface area contributed by atoms with Crippen molar-refractivity contribution in [2.24, 2.45) is 0 Å². The van der Waals surface area contributed by atoms with Crippen molar-refractivity contribution in [1.29, 1.82) is 0 Å². The van der Waals surface area contributed by atoms with Gasteiger partial charge in [-0.15, -0.1) is 0 Å². The van der Waals surface area contributed by atoms with Crippen molar-refractivity contribution in [3.8, 4) is 0 Å². The summed E-state index contributed by atoms with van der Waals surface area (Å²) in [6.45, 7) is 4.28. The summed E-state index contributed by atoms with van der Waals surface area (Å²) in [5.41, 5.74) is 3.25. The molecule has 15 heavy (non-hydrogen) atoms. The molecule has 0 N–H and O–H groups in total. The third-order valence-electron chi connectivity index (χ3n) is 2.72. The van der Waals surface area contributed by atoms with Gasteiger partial charge >= 0.3 is 0 Å². The first-order valence-corrected chi connectivity index (χ1v) is 5.66. The van der Waals surface area contributed by atoms with Crippen LogP contribution in [0.2, 0.25) is 0 Å². The fraction of sp³-hybridized carbons (Fsp3) is 0.462. The van der Waals surface area contributed by atoms with Crippen molar-refractivity contribution < 1.29 is 4.52 Å². The molecular formula is C13H17NO. The molecule has 0 saturated heterocycles. The number of hydrogen-bond donors (Lipinski definition) is 0. The van der Waals surface area contributed by atoms with E-state index in [1.807, 2.05) is 6.07 Å². The van der Waals surface area contributed by atoms with Crippen molar-refractivity contribution >= 4 is 11.0 Å². The van der Waals surface area contributed by atoms with E-state index in [2.05, 4.69) is 31.1 Å². The second-order valence-corrected chi connectivity index (χ2v) is 4.09. The molecule has 2 heteroatoms. The molecule has 0 radical (unpaired) electrons. The van der Waals surface area contributed by atoms with Gasteiger partial charge in [-0.3, -0.25) is 0 Å². The lowest BCUT2D eigenvalue weighted by Gasteiger charge is -1.95. The highest BCUT2D eigenvalue weighted by molar-refractivity contribution is 5.79. The van der Waals surface area contributed by atoms with Gasteiger partial charge in [0.15, 0.2) is 5.58 Å². The third-order valence-corrected chi connectivity index (χ3v) is 2.72. The molecule has 0 fully saturated rings. The van der Waals surface area contributed by atoms with E-state index < -0.39 is 0 Å². The monoisotopic (exact) mass is 203 g/mol. The van der Waals surface area contributed by atoms with Crippen LogP contribution in [-0.2, 0) is 6.42 Å². The minimum atomic E-state index is 0.918. The Bertz CT molecular complexity index is 445. The van der Waals surface area contributed by atoms with Gasteiger partial charge in [0.25, 0.3) is 0 Å². The van der Waals surface area contributed by atoms with E-state index in [1.165, 1.54) is 30.2 Å². The second kappa shape index (κ2) is 4.47. The molecule has 2 nitrogen and oxygen atoms in total. The predicted octanol–water partition coefficient (Wildman–Crippen LogP) is 3.87. The number of nitrogens with zero attached hydrogens (tertiary/aromatic N) is 1. The van der Waals surface area contributed by atoms with Gasteiger partial charge in [-0.1, -0.05) is 31.0 Å². The highest BCUT2D eigenvalue weighted by Crippen LogP contribution is 2.21. The van der Waals surface area contributed by atoms with Crippen LogP contribution in [-0.4, -0.2) is 5.16 Å². The fourth-order valence-corrected chi connectivity index (χ4v) is 1.82. The Labute approximate surface area is 90.3 Å². The van der Waals surface area contributed by atoms with Gasteiger partial charge in [-0.2, -0.15) is 0 Å². The standard InChI is InChI=1S/C13H17NO/c1-3-4-5-6-12-11-8-7-10(2)9-13(11)15-14-12/h7-9H,3-6H2,1-2H3. The molecule has 0 spiro atoms. The maximum Gasteiger partial charge on any atom is 0.167 e. The summed E-state index contributed by atoms with van der Waals surface area (Å²) in [6.07, 6.45) is 4.74. The molecule has 0 atom stereocenters. The maximum absolute atomic E-state index is 5.31. The molecule has 1 aromatic carbocycles. The molecule has 0 saturated carbocycles. The zero-order chi connectivity index (χ0) is 10.7. The second-order valence-electron chi connectivity index (χ2n) is 4.09. The average Bonchev–Trinajstić information content (AvgIpc) is 2.61. The Morgan fingerprint density at radius 2 is 2.13 bits per heavy atom. The molecule has 2 aromatic rings. The van der Waals surface area contributed by atoms with Crippen LogP contribution in [0.5, 0.6) is 0 Å². The molecule has 0 aliphatic heterocycles. The number of fused-ring (bicyclic) bond motifs is 1. The SMILES string of the molecule is CCCCCc1noc2cc(C)ccc12. The van der Waals surface area contributed by atoms with Gasteiger partial charge < -0.3 is 4.52 Å². The van der Waals surface area contributed by atoms with Crippen LogP contribution >= 0.6 is 0 Å². The molecule has 80 valence electrons. The summed E-state index contributed by atoms with van der Waals surface area (Å²) in [4.78, 5) is 0. The van der Waals surface area contributed by atoms with E-state index in [-0.39, 0.29) is 0 Å². The van der Waals surface area contributed by atoms with Crippen LogP contribution in [0.3, 0.4) is 0 Å². The van der Waals surface area contributed by atoms with Crippen LogP contribution in [0.4, 0.5) is 0 Å². The first kappa shape index (κ1) is 10.2. The normalized spacial score (nSPS) is 11.1. The first-order valence-electron chi connectivity index (χ1n) is 5.66. The summed E-state index contributed by atoms with van der Waals surface area (Å²) in [6, 6.07) is 6.27. The molecule has 1 aromatic heterocycles. The van der Waals surface area contributed by atoms with Gasteiger partial charge in [0.1, 0.15) is 0 Å². The zero-order valence-corrected chi connectivity index (χ0v) is 9.42. The number of aromatic nitrogens is 1. The van der Waals surface area contributed by atoms with Crippen molar-refractivity contribution in [1.82, 2.24) is 5.16 Å². The van der Waals surface area contributed by atoms with Crippen molar-refractivity contribution in [2.45, 2.75) is 39.5 Å². The van der Waals surface area contributed by atoms with Gasteiger partial charge in [-0.25, -0.2) is 0 Å². The van der Waals surface area contributed by atoms with Gasteiger partial charge in [-0.05, 0) is 37.5 Å². The molecule has 0 amide bonds. The number of unbranched alkanes of at least 4 members (excludes halogenated alkanes) is 2. The number of rotatable bonds is 4. The van der Waals surface area contributed by atoms with E-state index in [4.69, 9.17) is 4.52 Å². The lowest BCUT2D eigenvalue weighted by Crippen LogP contribution is -1.85. The summed E-state index contributed by atoms with van der Waals surface area (Å²) < 4.78 is 5.31.